The lowest BCUT2D eigenvalue weighted by Gasteiger charge is -1.98. The standard InChI is InChI=1S/C9H8N2O2/c1-2-13-9(12)6-3-7-5-10-11-8(7)4-6/h3-5H,2H2,1H3. The molecule has 0 aromatic rings. The van der Waals surface area contributed by atoms with Crippen molar-refractivity contribution in [2.24, 2.45) is 10.2 Å². The van der Waals surface area contributed by atoms with Crippen LogP contribution in [0.15, 0.2) is 33.5 Å². The van der Waals surface area contributed by atoms with Gasteiger partial charge in [0.2, 0.25) is 0 Å². The Kier molecular flexibility index (Phi) is 1.81. The molecule has 2 rings (SSSR count). The van der Waals surface area contributed by atoms with Crippen LogP contribution in [-0.2, 0) is 9.53 Å². The first kappa shape index (κ1) is 7.91. The highest BCUT2D eigenvalue weighted by Gasteiger charge is 2.20. The summed E-state index contributed by atoms with van der Waals surface area (Å²) in [6.45, 7) is 2.17. The highest BCUT2D eigenvalue weighted by atomic mass is 16.5. The zero-order chi connectivity index (χ0) is 9.26. The second kappa shape index (κ2) is 2.97. The largest absolute Gasteiger partial charge is 0.462 e. The van der Waals surface area contributed by atoms with E-state index in [0.717, 1.165) is 11.3 Å². The number of rotatable bonds is 2. The van der Waals surface area contributed by atoms with Crippen molar-refractivity contribution in [3.05, 3.63) is 23.3 Å². The predicted octanol–water partition coefficient (Wildman–Crippen LogP) is 0.856. The number of nitrogens with zero attached hydrogens (tertiary/aromatic N) is 2. The molecule has 4 nitrogen and oxygen atoms in total. The number of carbonyl (C=O) groups is 1. The van der Waals surface area contributed by atoms with Crippen molar-refractivity contribution in [1.82, 2.24) is 0 Å². The molecular weight excluding hydrogens is 168 g/mol. The lowest BCUT2D eigenvalue weighted by Crippen LogP contribution is -2.04. The van der Waals surface area contributed by atoms with E-state index in [1.165, 1.54) is 0 Å². The predicted molar refractivity (Wildman–Crippen MR) is 48.7 cm³/mol. The lowest BCUT2D eigenvalue weighted by atomic mass is 10.2. The van der Waals surface area contributed by atoms with Gasteiger partial charge in [-0.2, -0.15) is 10.2 Å². The topological polar surface area (TPSA) is 51.0 Å². The van der Waals surface area contributed by atoms with Crippen molar-refractivity contribution in [3.8, 4) is 0 Å². The van der Waals surface area contributed by atoms with Gasteiger partial charge in [0.25, 0.3) is 0 Å². The highest BCUT2D eigenvalue weighted by Crippen LogP contribution is 2.18. The first-order valence-electron chi connectivity index (χ1n) is 4.03. The quantitative estimate of drug-likeness (QED) is 0.586. The zero-order valence-corrected chi connectivity index (χ0v) is 7.15. The molecule has 2 aliphatic rings. The van der Waals surface area contributed by atoms with Gasteiger partial charge in [0, 0.05) is 5.57 Å². The van der Waals surface area contributed by atoms with Crippen molar-refractivity contribution < 1.29 is 9.53 Å². The molecule has 0 radical (unpaired) electrons. The molecule has 1 aliphatic carbocycles. The summed E-state index contributed by atoms with van der Waals surface area (Å²) in [5.41, 5.74) is 2.16. The van der Waals surface area contributed by atoms with Gasteiger partial charge in [-0.15, -0.1) is 0 Å². The molecule has 4 heteroatoms. The minimum atomic E-state index is -0.305. The van der Waals surface area contributed by atoms with Crippen LogP contribution in [0, 0.1) is 0 Å². The molecule has 0 saturated carbocycles. The van der Waals surface area contributed by atoms with Gasteiger partial charge in [-0.05, 0) is 19.1 Å². The summed E-state index contributed by atoms with van der Waals surface area (Å²) in [5, 5.41) is 7.53. The second-order valence-corrected chi connectivity index (χ2v) is 2.65. The van der Waals surface area contributed by atoms with E-state index in [-0.39, 0.29) is 5.97 Å². The molecule has 0 N–H and O–H groups in total. The van der Waals surface area contributed by atoms with Crippen molar-refractivity contribution in [2.45, 2.75) is 6.92 Å². The number of ether oxygens (including phenoxy) is 1. The molecule has 66 valence electrons. The molecule has 0 spiro atoms. The summed E-state index contributed by atoms with van der Waals surface area (Å²) in [5.74, 6) is -0.305. The van der Waals surface area contributed by atoms with E-state index in [1.807, 2.05) is 0 Å². The Labute approximate surface area is 75.3 Å². The van der Waals surface area contributed by atoms with Crippen LogP contribution < -0.4 is 0 Å². The third kappa shape index (κ3) is 1.30. The zero-order valence-electron chi connectivity index (χ0n) is 7.15. The number of carbonyl (C=O) groups excluding carboxylic acids is 1. The summed E-state index contributed by atoms with van der Waals surface area (Å²) < 4.78 is 4.84. The smallest absolute Gasteiger partial charge is 0.338 e. The molecule has 1 aliphatic heterocycles. The van der Waals surface area contributed by atoms with Crippen LogP contribution in [0.3, 0.4) is 0 Å². The van der Waals surface area contributed by atoms with Crippen molar-refractivity contribution in [2.75, 3.05) is 6.61 Å². The Hall–Kier alpha value is -1.71. The van der Waals surface area contributed by atoms with Crippen molar-refractivity contribution in [3.63, 3.8) is 0 Å². The molecule has 0 amide bonds. The average molecular weight is 176 g/mol. The number of allylic oxidation sites excluding steroid dienone is 2. The molecule has 0 atom stereocenters. The fourth-order valence-corrected chi connectivity index (χ4v) is 1.19. The summed E-state index contributed by atoms with van der Waals surface area (Å²) in [7, 11) is 0. The first-order valence-corrected chi connectivity index (χ1v) is 4.03. The highest BCUT2D eigenvalue weighted by molar-refractivity contribution is 6.28. The van der Waals surface area contributed by atoms with E-state index in [1.54, 1.807) is 25.3 Å². The van der Waals surface area contributed by atoms with Crippen molar-refractivity contribution in [1.29, 1.82) is 0 Å². The minimum Gasteiger partial charge on any atom is -0.462 e. The fraction of sp³-hybridized carbons (Fsp3) is 0.222. The Morgan fingerprint density at radius 1 is 1.54 bits per heavy atom. The van der Waals surface area contributed by atoms with Crippen LogP contribution in [0.25, 0.3) is 0 Å². The summed E-state index contributed by atoms with van der Waals surface area (Å²) >= 11 is 0. The number of hydrogen-bond donors (Lipinski definition) is 0. The molecule has 0 fully saturated rings. The van der Waals surface area contributed by atoms with E-state index in [4.69, 9.17) is 4.74 Å². The monoisotopic (exact) mass is 176 g/mol. The third-order valence-electron chi connectivity index (χ3n) is 1.77. The van der Waals surface area contributed by atoms with Crippen LogP contribution in [-0.4, -0.2) is 24.5 Å². The molecule has 0 unspecified atom stereocenters. The van der Waals surface area contributed by atoms with E-state index >= 15 is 0 Å². The van der Waals surface area contributed by atoms with Gasteiger partial charge in [-0.3, -0.25) is 0 Å². The summed E-state index contributed by atoms with van der Waals surface area (Å²) in [6, 6.07) is 0. The Balaban J connectivity index is 2.18. The molecule has 0 bridgehead atoms. The van der Waals surface area contributed by atoms with E-state index in [0.29, 0.717) is 12.2 Å². The molecule has 0 aromatic heterocycles. The van der Waals surface area contributed by atoms with Crippen LogP contribution in [0.4, 0.5) is 0 Å². The van der Waals surface area contributed by atoms with Crippen molar-refractivity contribution >= 4 is 17.9 Å². The maximum absolute atomic E-state index is 11.2. The van der Waals surface area contributed by atoms with Crippen LogP contribution in [0.5, 0.6) is 0 Å². The lowest BCUT2D eigenvalue weighted by molar-refractivity contribution is -0.138. The fourth-order valence-electron chi connectivity index (χ4n) is 1.19. The van der Waals surface area contributed by atoms with Gasteiger partial charge >= 0.3 is 5.97 Å². The Bertz CT molecular complexity index is 375. The van der Waals surface area contributed by atoms with Gasteiger partial charge in [0.15, 0.2) is 0 Å². The molecule has 0 saturated heterocycles. The molecular formula is C9H8N2O2. The van der Waals surface area contributed by atoms with Crippen LogP contribution in [0.2, 0.25) is 0 Å². The molecule has 0 aromatic carbocycles. The first-order chi connectivity index (χ1) is 6.31. The van der Waals surface area contributed by atoms with E-state index in [9.17, 15) is 4.79 Å². The average Bonchev–Trinajstić information content (AvgIpc) is 2.61. The van der Waals surface area contributed by atoms with Gasteiger partial charge in [-0.25, -0.2) is 4.79 Å². The van der Waals surface area contributed by atoms with Gasteiger partial charge < -0.3 is 4.74 Å². The Morgan fingerprint density at radius 3 is 3.08 bits per heavy atom. The Morgan fingerprint density at radius 2 is 2.38 bits per heavy atom. The maximum atomic E-state index is 11.2. The van der Waals surface area contributed by atoms with E-state index < -0.39 is 0 Å². The summed E-state index contributed by atoms with van der Waals surface area (Å²) in [6.07, 6.45) is 5.03. The minimum absolute atomic E-state index is 0.305. The van der Waals surface area contributed by atoms with Gasteiger partial charge in [-0.1, -0.05) is 0 Å². The van der Waals surface area contributed by atoms with Gasteiger partial charge in [0.1, 0.15) is 0 Å². The van der Waals surface area contributed by atoms with E-state index in [2.05, 4.69) is 10.2 Å². The van der Waals surface area contributed by atoms with Crippen LogP contribution >= 0.6 is 0 Å². The summed E-state index contributed by atoms with van der Waals surface area (Å²) in [4.78, 5) is 11.2. The number of fused-ring (bicyclic) bond motifs is 1. The number of hydrogen-bond acceptors (Lipinski definition) is 4. The SMILES string of the molecule is CCOC(=O)C1=CC2=NN=CC2=C1. The van der Waals surface area contributed by atoms with Crippen LogP contribution in [0.1, 0.15) is 6.92 Å². The molecule has 13 heavy (non-hydrogen) atoms. The second-order valence-electron chi connectivity index (χ2n) is 2.65. The number of esters is 1. The normalized spacial score (nSPS) is 17.8. The maximum Gasteiger partial charge on any atom is 0.338 e. The third-order valence-corrected chi connectivity index (χ3v) is 1.77. The molecule has 1 heterocycles. The van der Waals surface area contributed by atoms with Gasteiger partial charge in [0.05, 0.1) is 24.1 Å².